The Labute approximate surface area is 243 Å². The molecule has 2 aromatic heterocycles. The second kappa shape index (κ2) is 16.1. The molecule has 0 aliphatic carbocycles. The van der Waals surface area contributed by atoms with Crippen molar-refractivity contribution in [2.75, 3.05) is 64.6 Å². The molecule has 40 heavy (non-hydrogen) atoms. The Morgan fingerprint density at radius 3 is 2.35 bits per heavy atom. The molecule has 0 unspecified atom stereocenters. The maximum atomic E-state index is 12.7. The smallest absolute Gasteiger partial charge is 0.387 e. The van der Waals surface area contributed by atoms with Crippen molar-refractivity contribution >= 4 is 28.8 Å². The number of rotatable bonds is 8. The van der Waals surface area contributed by atoms with E-state index in [1.807, 2.05) is 4.90 Å². The van der Waals surface area contributed by atoms with E-state index in [-0.39, 0.29) is 28.8 Å². The van der Waals surface area contributed by atoms with E-state index in [2.05, 4.69) is 36.2 Å². The molecule has 0 bridgehead atoms. The molecule has 2 aliphatic rings. The number of aromatic nitrogens is 4. The molecular formula is C24H40FeN10O5+2. The van der Waals surface area contributed by atoms with Gasteiger partial charge in [0.1, 0.15) is 24.1 Å². The van der Waals surface area contributed by atoms with Gasteiger partial charge in [-0.3, -0.25) is 14.2 Å². The van der Waals surface area contributed by atoms with Gasteiger partial charge in [0.05, 0.1) is 6.33 Å². The Bertz CT molecular complexity index is 1080. The van der Waals surface area contributed by atoms with Crippen LogP contribution in [0.15, 0.2) is 12.7 Å². The molecule has 4 heterocycles. The summed E-state index contributed by atoms with van der Waals surface area (Å²) in [5.41, 5.74) is 6.47. The summed E-state index contributed by atoms with van der Waals surface area (Å²) in [7, 11) is 0. The minimum absolute atomic E-state index is 0. The minimum Gasteiger partial charge on any atom is -0.387 e. The quantitative estimate of drug-likeness (QED) is 0.122. The largest absolute Gasteiger partial charge is 2.00 e. The number of aliphatic hydroxyl groups is 2. The number of imidazole rings is 1. The molecule has 15 nitrogen and oxygen atoms in total. The van der Waals surface area contributed by atoms with Crippen molar-refractivity contribution in [1.29, 1.82) is 0 Å². The number of amides is 2. The van der Waals surface area contributed by atoms with E-state index in [9.17, 15) is 19.8 Å². The first kappa shape index (κ1) is 32.1. The fraction of sp³-hybridized carbons (Fsp3) is 0.708. The van der Waals surface area contributed by atoms with Gasteiger partial charge in [0.2, 0.25) is 5.91 Å². The fourth-order valence-electron chi connectivity index (χ4n) is 4.73. The predicted molar refractivity (Wildman–Crippen MR) is 142 cm³/mol. The average molecular weight is 604 g/mol. The number of nitrogens with one attached hydrogen (secondary N) is 4. The van der Waals surface area contributed by atoms with Gasteiger partial charge in [-0.2, -0.15) is 0 Å². The van der Waals surface area contributed by atoms with E-state index in [0.29, 0.717) is 43.6 Å². The third kappa shape index (κ3) is 8.30. The van der Waals surface area contributed by atoms with Gasteiger partial charge >= 0.3 is 17.1 Å². The number of fused-ring (bicyclic) bond motifs is 1. The van der Waals surface area contributed by atoms with Crippen LogP contribution < -0.4 is 27.0 Å². The van der Waals surface area contributed by atoms with Gasteiger partial charge in [0, 0.05) is 65.3 Å². The third-order valence-electron chi connectivity index (χ3n) is 6.95. The van der Waals surface area contributed by atoms with Crippen molar-refractivity contribution in [3.8, 4) is 0 Å². The predicted octanol–water partition coefficient (Wildman–Crippen LogP) is -2.69. The number of hydrogen-bond acceptors (Lipinski definition) is 12. The summed E-state index contributed by atoms with van der Waals surface area (Å²) < 4.78 is 7.14. The molecular weight excluding hydrogens is 564 g/mol. The first-order valence-corrected chi connectivity index (χ1v) is 13.6. The number of nitrogens with zero attached hydrogens (tertiary/aromatic N) is 5. The number of ether oxygens (including phenoxy) is 1. The van der Waals surface area contributed by atoms with Crippen LogP contribution in [-0.2, 0) is 31.4 Å². The number of carbonyl (C=O) groups excluding carboxylic acids is 2. The molecule has 4 rings (SSSR count). The zero-order valence-corrected chi connectivity index (χ0v) is 23.5. The first-order valence-electron chi connectivity index (χ1n) is 13.6. The molecule has 16 heteroatoms. The van der Waals surface area contributed by atoms with E-state index in [0.717, 1.165) is 52.1 Å². The Morgan fingerprint density at radius 2 is 1.65 bits per heavy atom. The van der Waals surface area contributed by atoms with Crippen LogP contribution in [0.2, 0.25) is 0 Å². The number of hydrogen-bond donors (Lipinski definition) is 7. The Hall–Kier alpha value is -2.43. The molecule has 0 radical (unpaired) electrons. The van der Waals surface area contributed by atoms with Gasteiger partial charge in [-0.25, -0.2) is 15.0 Å². The van der Waals surface area contributed by atoms with Crippen LogP contribution in [0, 0.1) is 0 Å². The van der Waals surface area contributed by atoms with E-state index >= 15 is 0 Å². The molecule has 0 saturated carbocycles. The van der Waals surface area contributed by atoms with Gasteiger partial charge in [-0.15, -0.1) is 0 Å². The van der Waals surface area contributed by atoms with Crippen LogP contribution >= 0.6 is 0 Å². The van der Waals surface area contributed by atoms with Crippen molar-refractivity contribution < 1.29 is 41.6 Å². The molecule has 0 spiro atoms. The van der Waals surface area contributed by atoms with Crippen molar-refractivity contribution in [2.45, 2.75) is 50.2 Å². The van der Waals surface area contributed by atoms with Crippen LogP contribution in [0.4, 0.5) is 5.82 Å². The second-order valence-electron chi connectivity index (χ2n) is 9.74. The number of unbranched alkanes of at least 4 members (excludes halogenated alkanes) is 2. The number of nitrogens with two attached hydrogens (primary N) is 1. The van der Waals surface area contributed by atoms with Crippen molar-refractivity contribution in [3.05, 3.63) is 12.7 Å². The molecule has 2 aromatic rings. The maximum Gasteiger partial charge on any atom is 2.00 e. The topological polar surface area (TPSA) is 205 Å². The molecule has 2 amide bonds. The molecule has 2 saturated heterocycles. The van der Waals surface area contributed by atoms with Gasteiger partial charge in [-0.05, 0) is 12.8 Å². The monoisotopic (exact) mass is 604 g/mol. The molecule has 2 aliphatic heterocycles. The molecule has 4 atom stereocenters. The summed E-state index contributed by atoms with van der Waals surface area (Å²) in [6.07, 6.45) is 0.148. The SMILES string of the molecule is Nc1ncnc2c1ncn2[C@@H]1O[C@H](C(=O)NCCCCCC(=O)N2CCNCCNCCNCC2)[C@@H](O)[C@H]1O.[Fe+2]. The number of anilines is 1. The molecule has 0 aromatic carbocycles. The van der Waals surface area contributed by atoms with E-state index in [4.69, 9.17) is 10.5 Å². The fourth-order valence-corrected chi connectivity index (χ4v) is 4.73. The van der Waals surface area contributed by atoms with Crippen LogP contribution in [-0.4, -0.2) is 124 Å². The van der Waals surface area contributed by atoms with Crippen LogP contribution in [0.5, 0.6) is 0 Å². The van der Waals surface area contributed by atoms with Gasteiger partial charge in [-0.1, -0.05) is 6.42 Å². The summed E-state index contributed by atoms with van der Waals surface area (Å²) in [6.45, 7) is 6.83. The summed E-state index contributed by atoms with van der Waals surface area (Å²) in [5, 5.41) is 33.8. The zero-order chi connectivity index (χ0) is 27.6. The number of aliphatic hydroxyl groups excluding tert-OH is 2. The number of nitrogen functional groups attached to an aromatic ring is 1. The standard InChI is InChI=1S/C24H40N10O5.Fe/c25-21-17-22(31-14-30-21)34(15-32-17)24-19(37)18(36)20(39-24)23(38)29-5-3-1-2-4-16(35)33-12-10-27-8-6-26-7-9-28-11-13-33;/h14-15,18-20,24,26-28,36-37H,1-13H2,(H,29,38)(H2,25,30,31);/q;+2/t18-,19+,20-,24+;/m0./s1. The Balaban J connectivity index is 0.00000441. The number of carbonyl (C=O) groups is 2. The summed E-state index contributed by atoms with van der Waals surface area (Å²) in [4.78, 5) is 39.5. The zero-order valence-electron chi connectivity index (χ0n) is 22.4. The summed E-state index contributed by atoms with van der Waals surface area (Å²) in [5.74, 6) is -0.208. The van der Waals surface area contributed by atoms with Crippen molar-refractivity contribution in [2.24, 2.45) is 0 Å². The van der Waals surface area contributed by atoms with Crippen LogP contribution in [0.1, 0.15) is 31.9 Å². The van der Waals surface area contributed by atoms with Crippen LogP contribution in [0.25, 0.3) is 11.2 Å². The normalized spacial score (nSPS) is 24.6. The van der Waals surface area contributed by atoms with Gasteiger partial charge in [0.15, 0.2) is 23.8 Å². The van der Waals surface area contributed by atoms with Gasteiger partial charge < -0.3 is 46.9 Å². The Morgan fingerprint density at radius 1 is 0.975 bits per heavy atom. The van der Waals surface area contributed by atoms with Crippen LogP contribution in [0.3, 0.4) is 0 Å². The molecule has 222 valence electrons. The Kier molecular flexibility index (Phi) is 12.9. The molecule has 8 N–H and O–H groups in total. The van der Waals surface area contributed by atoms with Crippen molar-refractivity contribution in [3.63, 3.8) is 0 Å². The molecule has 2 fully saturated rings. The van der Waals surface area contributed by atoms with E-state index in [1.54, 1.807) is 0 Å². The first-order chi connectivity index (χ1) is 19.0. The minimum atomic E-state index is -1.43. The third-order valence-corrected chi connectivity index (χ3v) is 6.95. The average Bonchev–Trinajstić information content (AvgIpc) is 3.48. The van der Waals surface area contributed by atoms with E-state index in [1.165, 1.54) is 17.2 Å². The van der Waals surface area contributed by atoms with E-state index < -0.39 is 30.4 Å². The maximum absolute atomic E-state index is 12.7. The van der Waals surface area contributed by atoms with Crippen molar-refractivity contribution in [1.82, 2.24) is 45.7 Å². The summed E-state index contributed by atoms with van der Waals surface area (Å²) in [6, 6.07) is 0. The summed E-state index contributed by atoms with van der Waals surface area (Å²) >= 11 is 0. The van der Waals surface area contributed by atoms with Gasteiger partial charge in [0.25, 0.3) is 5.91 Å². The second-order valence-corrected chi connectivity index (χ2v) is 9.74.